The topological polar surface area (TPSA) is 56.1 Å². The van der Waals surface area contributed by atoms with Crippen molar-refractivity contribution in [3.63, 3.8) is 0 Å². The molecular formula is C12H11NO3S. The van der Waals surface area contributed by atoms with Crippen molar-refractivity contribution >= 4 is 16.3 Å². The average molecular weight is 249 g/mol. The summed E-state index contributed by atoms with van der Waals surface area (Å²) in [6, 6.07) is 11.9. The molecule has 0 aliphatic rings. The van der Waals surface area contributed by atoms with Gasteiger partial charge in [0, 0.05) is 6.20 Å². The lowest BCUT2D eigenvalue weighted by molar-refractivity contribution is 0.111. The Bertz CT molecular complexity index is 614. The standard InChI is InChI=1S/C12H11NO3S/c14-9-12-7-4-8-13(12)17(15,16)10-11-5-2-1-3-6-11/h1-9H,10H2. The van der Waals surface area contributed by atoms with Gasteiger partial charge in [0.15, 0.2) is 6.29 Å². The minimum Gasteiger partial charge on any atom is -0.296 e. The van der Waals surface area contributed by atoms with Gasteiger partial charge in [-0.2, -0.15) is 0 Å². The number of carbonyl (C=O) groups excluding carboxylic acids is 1. The highest BCUT2D eigenvalue weighted by Crippen LogP contribution is 2.11. The van der Waals surface area contributed by atoms with Crippen molar-refractivity contribution in [3.8, 4) is 0 Å². The van der Waals surface area contributed by atoms with Crippen LogP contribution in [0.5, 0.6) is 0 Å². The molecule has 0 unspecified atom stereocenters. The molecule has 0 aliphatic carbocycles. The zero-order valence-corrected chi connectivity index (χ0v) is 9.80. The number of benzene rings is 1. The van der Waals surface area contributed by atoms with Crippen molar-refractivity contribution in [3.05, 3.63) is 59.9 Å². The van der Waals surface area contributed by atoms with Crippen LogP contribution in [0.2, 0.25) is 0 Å². The third-order valence-corrected chi connectivity index (χ3v) is 3.99. The Labute approximate surface area is 99.6 Å². The van der Waals surface area contributed by atoms with Crippen molar-refractivity contribution in [1.82, 2.24) is 3.97 Å². The maximum Gasteiger partial charge on any atom is 0.243 e. The van der Waals surface area contributed by atoms with E-state index in [0.717, 1.165) is 3.97 Å². The fraction of sp³-hybridized carbons (Fsp3) is 0.0833. The maximum absolute atomic E-state index is 12.0. The number of aldehydes is 1. The number of rotatable bonds is 4. The molecule has 0 radical (unpaired) electrons. The van der Waals surface area contributed by atoms with E-state index in [2.05, 4.69) is 0 Å². The van der Waals surface area contributed by atoms with Gasteiger partial charge in [0.1, 0.15) is 0 Å². The van der Waals surface area contributed by atoms with E-state index in [0.29, 0.717) is 11.8 Å². The van der Waals surface area contributed by atoms with Gasteiger partial charge in [0.05, 0.1) is 11.4 Å². The van der Waals surface area contributed by atoms with Gasteiger partial charge in [-0.3, -0.25) is 4.79 Å². The van der Waals surface area contributed by atoms with Crippen LogP contribution in [0.1, 0.15) is 16.1 Å². The molecule has 0 atom stereocenters. The molecule has 1 heterocycles. The highest BCUT2D eigenvalue weighted by molar-refractivity contribution is 7.89. The molecule has 5 heteroatoms. The van der Waals surface area contributed by atoms with E-state index in [1.807, 2.05) is 6.07 Å². The molecule has 0 saturated heterocycles. The molecule has 0 aliphatic heterocycles. The van der Waals surface area contributed by atoms with E-state index >= 15 is 0 Å². The summed E-state index contributed by atoms with van der Waals surface area (Å²) in [7, 11) is -3.53. The highest BCUT2D eigenvalue weighted by atomic mass is 32.2. The van der Waals surface area contributed by atoms with Gasteiger partial charge in [0.2, 0.25) is 10.0 Å². The monoisotopic (exact) mass is 249 g/mol. The number of aromatic nitrogens is 1. The van der Waals surface area contributed by atoms with Crippen LogP contribution in [0.15, 0.2) is 48.7 Å². The van der Waals surface area contributed by atoms with E-state index < -0.39 is 10.0 Å². The molecule has 0 fully saturated rings. The van der Waals surface area contributed by atoms with Gasteiger partial charge in [-0.25, -0.2) is 12.4 Å². The fourth-order valence-corrected chi connectivity index (χ4v) is 3.01. The minimum absolute atomic E-state index is 0.122. The molecule has 1 aromatic carbocycles. The predicted molar refractivity (Wildman–Crippen MR) is 64.3 cm³/mol. The first-order valence-corrected chi connectivity index (χ1v) is 6.64. The molecule has 4 nitrogen and oxygen atoms in total. The highest BCUT2D eigenvalue weighted by Gasteiger charge is 2.16. The Hall–Kier alpha value is -1.88. The van der Waals surface area contributed by atoms with Crippen LogP contribution in [0.3, 0.4) is 0 Å². The largest absolute Gasteiger partial charge is 0.296 e. The minimum atomic E-state index is -3.53. The smallest absolute Gasteiger partial charge is 0.243 e. The SMILES string of the molecule is O=Cc1cccn1S(=O)(=O)Cc1ccccc1. The molecular weight excluding hydrogens is 238 g/mol. The summed E-state index contributed by atoms with van der Waals surface area (Å²) in [5, 5.41) is 0. The summed E-state index contributed by atoms with van der Waals surface area (Å²) in [6.07, 6.45) is 1.91. The van der Waals surface area contributed by atoms with Crippen molar-refractivity contribution in [1.29, 1.82) is 0 Å². The van der Waals surface area contributed by atoms with Crippen molar-refractivity contribution < 1.29 is 13.2 Å². The van der Waals surface area contributed by atoms with E-state index in [-0.39, 0.29) is 11.4 Å². The number of hydrogen-bond donors (Lipinski definition) is 0. The van der Waals surface area contributed by atoms with Crippen molar-refractivity contribution in [2.75, 3.05) is 0 Å². The Kier molecular flexibility index (Phi) is 3.10. The molecule has 0 saturated carbocycles. The molecule has 2 aromatic rings. The first-order chi connectivity index (χ1) is 8.13. The van der Waals surface area contributed by atoms with Crippen LogP contribution in [0.25, 0.3) is 0 Å². The lowest BCUT2D eigenvalue weighted by atomic mass is 10.2. The first-order valence-electron chi connectivity index (χ1n) is 5.03. The molecule has 2 rings (SSSR count). The van der Waals surface area contributed by atoms with Crippen molar-refractivity contribution in [2.24, 2.45) is 0 Å². The van der Waals surface area contributed by atoms with E-state index in [4.69, 9.17) is 0 Å². The van der Waals surface area contributed by atoms with Crippen LogP contribution in [0, 0.1) is 0 Å². The zero-order chi connectivity index (χ0) is 12.3. The third-order valence-electron chi connectivity index (χ3n) is 2.36. The Balaban J connectivity index is 2.35. The Morgan fingerprint density at radius 2 is 1.76 bits per heavy atom. The number of carbonyl (C=O) groups is 1. The second kappa shape index (κ2) is 4.55. The Morgan fingerprint density at radius 1 is 1.06 bits per heavy atom. The summed E-state index contributed by atoms with van der Waals surface area (Å²) in [5.41, 5.74) is 0.832. The molecule has 0 amide bonds. The zero-order valence-electron chi connectivity index (χ0n) is 8.98. The van der Waals surface area contributed by atoms with Gasteiger partial charge in [-0.15, -0.1) is 0 Å². The first kappa shape index (κ1) is 11.6. The van der Waals surface area contributed by atoms with Gasteiger partial charge in [-0.1, -0.05) is 30.3 Å². The van der Waals surface area contributed by atoms with Crippen LogP contribution < -0.4 is 0 Å². The van der Waals surface area contributed by atoms with Crippen LogP contribution in [-0.2, 0) is 15.8 Å². The fourth-order valence-electron chi connectivity index (χ4n) is 1.58. The number of hydrogen-bond acceptors (Lipinski definition) is 3. The second-order valence-electron chi connectivity index (χ2n) is 3.59. The molecule has 0 N–H and O–H groups in total. The lowest BCUT2D eigenvalue weighted by Gasteiger charge is -2.07. The van der Waals surface area contributed by atoms with Crippen LogP contribution >= 0.6 is 0 Å². The van der Waals surface area contributed by atoms with Gasteiger partial charge >= 0.3 is 0 Å². The molecule has 0 bridgehead atoms. The maximum atomic E-state index is 12.0. The third kappa shape index (κ3) is 2.45. The molecule has 88 valence electrons. The van der Waals surface area contributed by atoms with Gasteiger partial charge < -0.3 is 0 Å². The average Bonchev–Trinajstić information content (AvgIpc) is 2.78. The van der Waals surface area contributed by atoms with Crippen LogP contribution in [-0.4, -0.2) is 18.7 Å². The van der Waals surface area contributed by atoms with Gasteiger partial charge in [-0.05, 0) is 17.7 Å². The summed E-state index contributed by atoms with van der Waals surface area (Å²) < 4.78 is 25.1. The summed E-state index contributed by atoms with van der Waals surface area (Å²) in [6.45, 7) is 0. The quantitative estimate of drug-likeness (QED) is 0.775. The van der Waals surface area contributed by atoms with E-state index in [1.165, 1.54) is 18.3 Å². The summed E-state index contributed by atoms with van der Waals surface area (Å²) >= 11 is 0. The summed E-state index contributed by atoms with van der Waals surface area (Å²) in [4.78, 5) is 10.7. The number of nitrogens with zero attached hydrogens (tertiary/aromatic N) is 1. The van der Waals surface area contributed by atoms with E-state index in [1.54, 1.807) is 24.3 Å². The molecule has 0 spiro atoms. The second-order valence-corrected chi connectivity index (χ2v) is 5.43. The van der Waals surface area contributed by atoms with Crippen molar-refractivity contribution in [2.45, 2.75) is 5.75 Å². The normalized spacial score (nSPS) is 11.3. The molecule has 17 heavy (non-hydrogen) atoms. The predicted octanol–water partition coefficient (Wildman–Crippen LogP) is 1.68. The van der Waals surface area contributed by atoms with E-state index in [9.17, 15) is 13.2 Å². The summed E-state index contributed by atoms with van der Waals surface area (Å²) in [5.74, 6) is -0.122. The lowest BCUT2D eigenvalue weighted by Crippen LogP contribution is -2.16. The Morgan fingerprint density at radius 3 is 2.41 bits per heavy atom. The molecule has 1 aromatic heterocycles. The van der Waals surface area contributed by atoms with Crippen LogP contribution in [0.4, 0.5) is 0 Å². The van der Waals surface area contributed by atoms with Gasteiger partial charge in [0.25, 0.3) is 0 Å².